The summed E-state index contributed by atoms with van der Waals surface area (Å²) in [7, 11) is 0. The monoisotopic (exact) mass is 422 g/mol. The van der Waals surface area contributed by atoms with Gasteiger partial charge in [-0.3, -0.25) is 9.20 Å². The second-order valence-electron chi connectivity index (χ2n) is 7.20. The highest BCUT2D eigenvalue weighted by Gasteiger charge is 2.14. The molecule has 7 nitrogen and oxygen atoms in total. The van der Waals surface area contributed by atoms with Crippen molar-refractivity contribution in [1.82, 2.24) is 24.9 Å². The topological polar surface area (TPSA) is 84.2 Å². The Morgan fingerprint density at radius 1 is 1.14 bits per heavy atom. The van der Waals surface area contributed by atoms with E-state index in [9.17, 15) is 4.79 Å². The van der Waals surface area contributed by atoms with Gasteiger partial charge < -0.3 is 10.6 Å². The molecule has 2 heterocycles. The van der Waals surface area contributed by atoms with Crippen molar-refractivity contribution < 1.29 is 4.79 Å². The third-order valence-corrected chi connectivity index (χ3v) is 5.06. The lowest BCUT2D eigenvalue weighted by Gasteiger charge is -2.11. The molecule has 3 rings (SSSR count). The standard InChI is InChI=1S/C19H24Cl2N6O/c1-11(2)8-17(28)22-6-4-5-7-23-18-19-26-25-12(3)27(19)16-10-14(21)13(20)9-15(16)24-18/h9-11H,4-8H2,1-3H3,(H,22,28)(H,23,24). The number of aromatic nitrogens is 4. The summed E-state index contributed by atoms with van der Waals surface area (Å²) in [6.45, 7) is 7.33. The Labute approximate surface area is 173 Å². The molecule has 150 valence electrons. The van der Waals surface area contributed by atoms with Crippen molar-refractivity contribution in [2.75, 3.05) is 18.4 Å². The fourth-order valence-corrected chi connectivity index (χ4v) is 3.33. The number of benzene rings is 1. The third-order valence-electron chi connectivity index (χ3n) is 4.34. The maximum atomic E-state index is 11.7. The summed E-state index contributed by atoms with van der Waals surface area (Å²) in [4.78, 5) is 16.3. The Morgan fingerprint density at radius 3 is 2.61 bits per heavy atom. The molecule has 0 unspecified atom stereocenters. The lowest BCUT2D eigenvalue weighted by molar-refractivity contribution is -0.121. The van der Waals surface area contributed by atoms with Crippen LogP contribution in [0.2, 0.25) is 10.0 Å². The van der Waals surface area contributed by atoms with Crippen LogP contribution in [0.1, 0.15) is 38.9 Å². The van der Waals surface area contributed by atoms with Gasteiger partial charge in [-0.2, -0.15) is 0 Å². The van der Waals surface area contributed by atoms with Crippen LogP contribution in [0.3, 0.4) is 0 Å². The van der Waals surface area contributed by atoms with E-state index in [0.717, 1.165) is 24.2 Å². The summed E-state index contributed by atoms with van der Waals surface area (Å²) >= 11 is 12.3. The number of amides is 1. The van der Waals surface area contributed by atoms with Gasteiger partial charge in [-0.15, -0.1) is 10.2 Å². The average molecular weight is 423 g/mol. The maximum absolute atomic E-state index is 11.7. The van der Waals surface area contributed by atoms with Gasteiger partial charge in [-0.1, -0.05) is 37.0 Å². The van der Waals surface area contributed by atoms with E-state index in [-0.39, 0.29) is 5.91 Å². The molecule has 0 aliphatic carbocycles. The van der Waals surface area contributed by atoms with E-state index in [0.29, 0.717) is 52.5 Å². The lowest BCUT2D eigenvalue weighted by Crippen LogP contribution is -2.25. The van der Waals surface area contributed by atoms with E-state index in [1.54, 1.807) is 12.1 Å². The lowest BCUT2D eigenvalue weighted by atomic mass is 10.1. The fourth-order valence-electron chi connectivity index (χ4n) is 3.02. The van der Waals surface area contributed by atoms with Gasteiger partial charge in [0.1, 0.15) is 5.82 Å². The minimum Gasteiger partial charge on any atom is -0.367 e. The smallest absolute Gasteiger partial charge is 0.220 e. The average Bonchev–Trinajstić information content (AvgIpc) is 3.01. The van der Waals surface area contributed by atoms with Crippen molar-refractivity contribution in [3.63, 3.8) is 0 Å². The number of fused-ring (bicyclic) bond motifs is 3. The van der Waals surface area contributed by atoms with Gasteiger partial charge in [-0.25, -0.2) is 4.98 Å². The van der Waals surface area contributed by atoms with Gasteiger partial charge in [0.25, 0.3) is 0 Å². The fraction of sp³-hybridized carbons (Fsp3) is 0.474. The zero-order valence-electron chi connectivity index (χ0n) is 16.2. The predicted molar refractivity (Wildman–Crippen MR) is 113 cm³/mol. The van der Waals surface area contributed by atoms with E-state index in [1.807, 2.05) is 25.2 Å². The largest absolute Gasteiger partial charge is 0.367 e. The normalized spacial score (nSPS) is 11.5. The van der Waals surface area contributed by atoms with Crippen molar-refractivity contribution in [1.29, 1.82) is 0 Å². The first kappa shape index (κ1) is 20.6. The van der Waals surface area contributed by atoms with E-state index in [2.05, 4.69) is 25.8 Å². The summed E-state index contributed by atoms with van der Waals surface area (Å²) in [6.07, 6.45) is 2.34. The number of unbranched alkanes of at least 4 members (excludes halogenated alkanes) is 1. The first-order chi connectivity index (χ1) is 13.4. The van der Waals surface area contributed by atoms with Crippen LogP contribution in [-0.4, -0.2) is 38.6 Å². The molecule has 1 aromatic carbocycles. The van der Waals surface area contributed by atoms with Crippen molar-refractivity contribution in [2.24, 2.45) is 5.92 Å². The first-order valence-corrected chi connectivity index (χ1v) is 10.1. The molecular formula is C19H24Cl2N6O. The van der Waals surface area contributed by atoms with Gasteiger partial charge in [0.15, 0.2) is 5.82 Å². The number of hydrogen-bond donors (Lipinski definition) is 2. The third kappa shape index (κ3) is 4.64. The summed E-state index contributed by atoms with van der Waals surface area (Å²) in [6, 6.07) is 3.52. The number of nitrogens with zero attached hydrogens (tertiary/aromatic N) is 4. The van der Waals surface area contributed by atoms with Crippen molar-refractivity contribution in [3.05, 3.63) is 28.0 Å². The van der Waals surface area contributed by atoms with Crippen LogP contribution in [0.25, 0.3) is 16.7 Å². The van der Waals surface area contributed by atoms with Crippen molar-refractivity contribution in [3.8, 4) is 0 Å². The molecule has 0 fully saturated rings. The van der Waals surface area contributed by atoms with Crippen molar-refractivity contribution >= 4 is 51.6 Å². The number of hydrogen-bond acceptors (Lipinski definition) is 5. The summed E-state index contributed by atoms with van der Waals surface area (Å²) in [5, 5.41) is 15.6. The van der Waals surface area contributed by atoms with E-state index >= 15 is 0 Å². The molecule has 28 heavy (non-hydrogen) atoms. The molecular weight excluding hydrogens is 399 g/mol. The molecule has 0 spiro atoms. The van der Waals surface area contributed by atoms with Gasteiger partial charge in [0.05, 0.1) is 21.1 Å². The number of carbonyl (C=O) groups is 1. The van der Waals surface area contributed by atoms with Crippen LogP contribution < -0.4 is 10.6 Å². The molecule has 0 saturated heterocycles. The van der Waals surface area contributed by atoms with Crippen LogP contribution >= 0.6 is 23.2 Å². The van der Waals surface area contributed by atoms with E-state index in [1.165, 1.54) is 0 Å². The molecule has 9 heteroatoms. The van der Waals surface area contributed by atoms with Gasteiger partial charge >= 0.3 is 0 Å². The molecule has 1 amide bonds. The SMILES string of the molecule is Cc1nnc2c(NCCCCNC(=O)CC(C)C)nc3cc(Cl)c(Cl)cc3n12. The molecule has 0 atom stereocenters. The second-order valence-corrected chi connectivity index (χ2v) is 8.02. The number of carbonyl (C=O) groups excluding carboxylic acids is 1. The number of nitrogens with one attached hydrogen (secondary N) is 2. The number of anilines is 1. The minimum absolute atomic E-state index is 0.107. The minimum atomic E-state index is 0.107. The van der Waals surface area contributed by atoms with Crippen LogP contribution in [0.15, 0.2) is 12.1 Å². The Hall–Kier alpha value is -2.12. The van der Waals surface area contributed by atoms with Crippen molar-refractivity contribution in [2.45, 2.75) is 40.0 Å². The second kappa shape index (κ2) is 8.92. The highest BCUT2D eigenvalue weighted by molar-refractivity contribution is 6.42. The van der Waals surface area contributed by atoms with Crippen LogP contribution in [0.4, 0.5) is 5.82 Å². The van der Waals surface area contributed by atoms with Gasteiger partial charge in [0.2, 0.25) is 11.6 Å². The molecule has 0 saturated carbocycles. The molecule has 2 aromatic heterocycles. The number of rotatable bonds is 8. The number of halogens is 2. The molecule has 0 aliphatic rings. The Bertz CT molecular complexity index is 1000. The predicted octanol–water partition coefficient (Wildman–Crippen LogP) is 4.25. The van der Waals surface area contributed by atoms with E-state index < -0.39 is 0 Å². The van der Waals surface area contributed by atoms with Crippen LogP contribution in [-0.2, 0) is 4.79 Å². The zero-order chi connectivity index (χ0) is 20.3. The Balaban J connectivity index is 1.66. The summed E-state index contributed by atoms with van der Waals surface area (Å²) in [5.74, 6) is 1.88. The van der Waals surface area contributed by atoms with Crippen LogP contribution in [0.5, 0.6) is 0 Å². The molecule has 2 N–H and O–H groups in total. The van der Waals surface area contributed by atoms with Gasteiger partial charge in [-0.05, 0) is 37.8 Å². The van der Waals surface area contributed by atoms with Crippen LogP contribution in [0, 0.1) is 12.8 Å². The first-order valence-electron chi connectivity index (χ1n) is 9.38. The zero-order valence-corrected chi connectivity index (χ0v) is 17.7. The summed E-state index contributed by atoms with van der Waals surface area (Å²) < 4.78 is 1.92. The molecule has 0 bridgehead atoms. The molecule has 3 aromatic rings. The van der Waals surface area contributed by atoms with Gasteiger partial charge in [0, 0.05) is 19.5 Å². The molecule has 0 radical (unpaired) electrons. The van der Waals surface area contributed by atoms with E-state index in [4.69, 9.17) is 23.2 Å². The highest BCUT2D eigenvalue weighted by atomic mass is 35.5. The Morgan fingerprint density at radius 2 is 1.86 bits per heavy atom. The quantitative estimate of drug-likeness (QED) is 0.530. The molecule has 0 aliphatic heterocycles. The Kier molecular flexibility index (Phi) is 6.57. The maximum Gasteiger partial charge on any atom is 0.220 e. The number of aryl methyl sites for hydroxylation is 1. The highest BCUT2D eigenvalue weighted by Crippen LogP contribution is 2.29. The summed E-state index contributed by atoms with van der Waals surface area (Å²) in [5.41, 5.74) is 2.17.